The van der Waals surface area contributed by atoms with Crippen molar-refractivity contribution < 1.29 is 19.7 Å². The number of halogens is 2. The van der Waals surface area contributed by atoms with Gasteiger partial charge >= 0.3 is 0 Å². The molecule has 0 spiro atoms. The molecular formula is C59H95ClFN3O3. The molecular weight excluding hydrogens is 853 g/mol. The highest BCUT2D eigenvalue weighted by Crippen LogP contribution is 2.44. The van der Waals surface area contributed by atoms with Gasteiger partial charge in [0.05, 0.1) is 16.8 Å². The van der Waals surface area contributed by atoms with E-state index >= 15 is 0 Å². The highest BCUT2D eigenvalue weighted by Gasteiger charge is 2.45. The van der Waals surface area contributed by atoms with Crippen LogP contribution in [0, 0.1) is 43.3 Å². The van der Waals surface area contributed by atoms with Gasteiger partial charge in [-0.15, -0.1) is 0 Å². The Labute approximate surface area is 413 Å². The van der Waals surface area contributed by atoms with Gasteiger partial charge in [-0.2, -0.15) is 0 Å². The molecule has 2 aromatic carbocycles. The Hall–Kier alpha value is -1.58. The van der Waals surface area contributed by atoms with E-state index in [-0.39, 0.29) is 17.3 Å². The average molecular weight is 949 g/mol. The first-order valence-electron chi connectivity index (χ1n) is 28.2. The van der Waals surface area contributed by atoms with E-state index in [9.17, 15) is 19.7 Å². The summed E-state index contributed by atoms with van der Waals surface area (Å²) >= 11 is 6.17. The van der Waals surface area contributed by atoms with Gasteiger partial charge in [-0.1, -0.05) is 131 Å². The van der Waals surface area contributed by atoms with Gasteiger partial charge in [0.15, 0.2) is 0 Å². The van der Waals surface area contributed by atoms with Crippen molar-refractivity contribution in [1.82, 2.24) is 14.7 Å². The van der Waals surface area contributed by atoms with Crippen molar-refractivity contribution in [3.63, 3.8) is 0 Å². The number of nitrogens with zero attached hydrogens (tertiary/aromatic N) is 3. The van der Waals surface area contributed by atoms with E-state index in [4.69, 9.17) is 11.6 Å². The molecule has 8 heteroatoms. The van der Waals surface area contributed by atoms with Gasteiger partial charge in [-0.05, 0) is 166 Å². The van der Waals surface area contributed by atoms with Gasteiger partial charge in [0.25, 0.3) is 0 Å². The van der Waals surface area contributed by atoms with E-state index in [2.05, 4.69) is 46.7 Å². The minimum Gasteiger partial charge on any atom is -0.390 e. The third-order valence-electron chi connectivity index (χ3n) is 18.2. The molecule has 3 N–H and O–H groups in total. The van der Waals surface area contributed by atoms with Crippen LogP contribution in [0.4, 0.5) is 4.39 Å². The predicted octanol–water partition coefficient (Wildman–Crippen LogP) is 13.0. The van der Waals surface area contributed by atoms with Crippen LogP contribution >= 0.6 is 11.6 Å². The van der Waals surface area contributed by atoms with Crippen LogP contribution in [0.2, 0.25) is 5.02 Å². The van der Waals surface area contributed by atoms with Crippen molar-refractivity contribution >= 4 is 11.6 Å². The zero-order valence-corrected chi connectivity index (χ0v) is 43.3. The van der Waals surface area contributed by atoms with Gasteiger partial charge in [0.2, 0.25) is 0 Å². The molecule has 6 unspecified atom stereocenters. The Morgan fingerprint density at radius 2 is 0.955 bits per heavy atom. The first-order valence-corrected chi connectivity index (χ1v) is 28.6. The van der Waals surface area contributed by atoms with Crippen LogP contribution in [0.15, 0.2) is 36.4 Å². The Bertz CT molecular complexity index is 1730. The lowest BCUT2D eigenvalue weighted by Crippen LogP contribution is -2.43. The molecule has 4 aliphatic carbocycles. The molecule has 7 fully saturated rings. The lowest BCUT2D eigenvalue weighted by molar-refractivity contribution is -0.0342. The molecule has 4 saturated carbocycles. The normalized spacial score (nSPS) is 31.8. The summed E-state index contributed by atoms with van der Waals surface area (Å²) in [6.07, 6.45) is 35.1. The van der Waals surface area contributed by atoms with Gasteiger partial charge in [0.1, 0.15) is 5.82 Å². The van der Waals surface area contributed by atoms with Crippen molar-refractivity contribution in [1.29, 1.82) is 0 Å². The molecule has 0 bridgehead atoms. The Morgan fingerprint density at radius 3 is 1.43 bits per heavy atom. The van der Waals surface area contributed by atoms with E-state index in [0.717, 1.165) is 77.0 Å². The third kappa shape index (κ3) is 15.7. The molecule has 378 valence electrons. The summed E-state index contributed by atoms with van der Waals surface area (Å²) in [5, 5.41) is 34.3. The van der Waals surface area contributed by atoms with Crippen molar-refractivity contribution in [2.24, 2.45) is 23.7 Å². The first kappa shape index (κ1) is 53.2. The summed E-state index contributed by atoms with van der Waals surface area (Å²) in [5.41, 5.74) is 2.80. The largest absolute Gasteiger partial charge is 0.390 e. The van der Waals surface area contributed by atoms with E-state index in [1.807, 2.05) is 0 Å². The summed E-state index contributed by atoms with van der Waals surface area (Å²) in [5.74, 6) is 1.73. The fraction of sp³-hybridized carbons (Fsp3) is 0.797. The molecule has 6 atom stereocenters. The zero-order chi connectivity index (χ0) is 47.1. The smallest absolute Gasteiger partial charge is 0.127 e. The van der Waals surface area contributed by atoms with Crippen LogP contribution in [0.3, 0.4) is 0 Å². The van der Waals surface area contributed by atoms with Crippen LogP contribution in [-0.4, -0.2) is 106 Å². The number of hydrogen-bond donors (Lipinski definition) is 3. The third-order valence-corrected chi connectivity index (χ3v) is 18.6. The lowest BCUT2D eigenvalue weighted by atomic mass is 9.76. The molecule has 0 amide bonds. The van der Waals surface area contributed by atoms with E-state index in [0.29, 0.717) is 28.8 Å². The molecule has 3 saturated heterocycles. The van der Waals surface area contributed by atoms with Gasteiger partial charge in [-0.25, -0.2) is 4.39 Å². The predicted molar refractivity (Wildman–Crippen MR) is 278 cm³/mol. The average Bonchev–Trinajstić information content (AvgIpc) is 3.65. The molecule has 0 radical (unpaired) electrons. The van der Waals surface area contributed by atoms with Crippen LogP contribution in [0.1, 0.15) is 196 Å². The zero-order valence-electron chi connectivity index (χ0n) is 42.6. The van der Waals surface area contributed by atoms with Crippen LogP contribution in [0.5, 0.6) is 0 Å². The summed E-state index contributed by atoms with van der Waals surface area (Å²) in [6.45, 7) is 14.8. The number of aryl methyl sites for hydroxylation is 2. The Kier molecular flexibility index (Phi) is 20.8. The highest BCUT2D eigenvalue weighted by atomic mass is 35.5. The molecule has 3 aliphatic heterocycles. The van der Waals surface area contributed by atoms with E-state index in [1.54, 1.807) is 12.1 Å². The number of aliphatic hydroxyl groups is 3. The number of benzene rings is 2. The van der Waals surface area contributed by atoms with Crippen molar-refractivity contribution in [2.45, 2.75) is 217 Å². The molecule has 0 aromatic heterocycles. The maximum absolute atomic E-state index is 14.1. The second kappa shape index (κ2) is 26.2. The Morgan fingerprint density at radius 1 is 0.522 bits per heavy atom. The van der Waals surface area contributed by atoms with Crippen molar-refractivity contribution in [2.75, 3.05) is 58.9 Å². The van der Waals surface area contributed by atoms with E-state index in [1.165, 1.54) is 190 Å². The fourth-order valence-electron chi connectivity index (χ4n) is 14.0. The molecule has 67 heavy (non-hydrogen) atoms. The summed E-state index contributed by atoms with van der Waals surface area (Å²) < 4.78 is 14.1. The summed E-state index contributed by atoms with van der Waals surface area (Å²) in [4.78, 5) is 7.78. The molecule has 6 nitrogen and oxygen atoms in total. The maximum Gasteiger partial charge on any atom is 0.127 e. The standard InChI is InChI=1S/C21H33NO.C19H27ClFNO.C19H35NO/c1-17-9-10-18(2)19(14-17)15-21(23)11-7-8-20(21)16-22-12-5-3-4-6-13-22;20-17-8-5-9-18(21)16(17)13-19(23)10-6-7-15(19)14-22-11-3-1-2-4-12-22;21-19(15-17-9-4-3-5-10-17)12-8-11-18(19)16-20-13-6-1-2-7-14-20/h9-10,14,20,23H,3-8,11-13,15-16H2,1-2H3;5,8-9,15,23H,1-4,6-7,10-14H2;17-18,21H,1-16H2. The van der Waals surface area contributed by atoms with Crippen LogP contribution < -0.4 is 0 Å². The topological polar surface area (TPSA) is 70.4 Å². The minimum absolute atomic E-state index is 0.219. The summed E-state index contributed by atoms with van der Waals surface area (Å²) in [7, 11) is 0. The van der Waals surface area contributed by atoms with Gasteiger partial charge in [0, 0.05) is 60.8 Å². The lowest BCUT2D eigenvalue weighted by Gasteiger charge is -2.37. The monoisotopic (exact) mass is 948 g/mol. The molecule has 9 rings (SSSR count). The molecule has 3 heterocycles. The maximum atomic E-state index is 14.1. The molecule has 2 aromatic rings. The van der Waals surface area contributed by atoms with Gasteiger partial charge in [-0.3, -0.25) is 0 Å². The number of rotatable bonds is 12. The van der Waals surface area contributed by atoms with Crippen molar-refractivity contribution in [3.8, 4) is 0 Å². The van der Waals surface area contributed by atoms with Crippen LogP contribution in [-0.2, 0) is 12.8 Å². The van der Waals surface area contributed by atoms with Gasteiger partial charge < -0.3 is 30.0 Å². The molecule has 7 aliphatic rings. The van der Waals surface area contributed by atoms with Crippen molar-refractivity contribution in [3.05, 3.63) is 69.5 Å². The SMILES string of the molecule is Cc1ccc(C)c(CC2(O)CCCC2CN2CCCCCC2)c1.OC1(CC2CCCCC2)CCCC1CN1CCCCCC1.OC1(Cc2c(F)cccc2Cl)CCCC1CN1CCCCCC1. The highest BCUT2D eigenvalue weighted by molar-refractivity contribution is 6.31. The Balaban J connectivity index is 0.000000149. The first-order chi connectivity index (χ1) is 32.4. The van der Waals surface area contributed by atoms with E-state index < -0.39 is 11.2 Å². The second-order valence-corrected chi connectivity index (χ2v) is 23.8. The number of likely N-dealkylation sites (tertiary alicyclic amines) is 3. The fourth-order valence-corrected chi connectivity index (χ4v) is 14.2. The minimum atomic E-state index is -0.821. The quantitative estimate of drug-likeness (QED) is 0.197. The second-order valence-electron chi connectivity index (χ2n) is 23.4. The number of hydrogen-bond acceptors (Lipinski definition) is 6. The van der Waals surface area contributed by atoms with Crippen LogP contribution in [0.25, 0.3) is 0 Å². The summed E-state index contributed by atoms with van der Waals surface area (Å²) in [6, 6.07) is 11.4.